The lowest BCUT2D eigenvalue weighted by molar-refractivity contribution is 0.398. The highest BCUT2D eigenvalue weighted by Gasteiger charge is 1.94. The summed E-state index contributed by atoms with van der Waals surface area (Å²) in [6.45, 7) is 0. The fraction of sp³-hybridized carbons (Fsp3) is 0.0909. The van der Waals surface area contributed by atoms with Crippen LogP contribution in [0.15, 0.2) is 42.5 Å². The molecule has 2 aromatic carbocycles. The van der Waals surface area contributed by atoms with Gasteiger partial charge in [0.2, 0.25) is 0 Å². The van der Waals surface area contributed by atoms with Crippen LogP contribution >= 0.6 is 15.9 Å². The molecule has 0 saturated heterocycles. The molecule has 0 saturated carbocycles. The topological polar surface area (TPSA) is 9.23 Å². The van der Waals surface area contributed by atoms with Gasteiger partial charge in [0.1, 0.15) is 11.3 Å². The fourth-order valence-electron chi connectivity index (χ4n) is 1.32. The number of ether oxygens (including phenoxy) is 1. The third kappa shape index (κ3) is 1.83. The summed E-state index contributed by atoms with van der Waals surface area (Å²) in [7, 11) is 0. The molecule has 0 fully saturated rings. The highest BCUT2D eigenvalue weighted by atomic mass is 79.9. The van der Waals surface area contributed by atoms with Crippen LogP contribution in [-0.4, -0.2) is 5.52 Å². The third-order valence-electron chi connectivity index (χ3n) is 1.94. The first-order valence-electron chi connectivity index (χ1n) is 4.08. The molecule has 0 aliphatic rings. The summed E-state index contributed by atoms with van der Waals surface area (Å²) >= 11 is 3.23. The van der Waals surface area contributed by atoms with Gasteiger partial charge in [-0.15, -0.1) is 0 Å². The molecule has 0 heterocycles. The minimum atomic E-state index is 0.533. The minimum absolute atomic E-state index is 0.533. The van der Waals surface area contributed by atoms with Gasteiger partial charge in [0.25, 0.3) is 0 Å². The summed E-state index contributed by atoms with van der Waals surface area (Å²) in [6, 6.07) is 14.3. The van der Waals surface area contributed by atoms with E-state index in [0.717, 1.165) is 5.75 Å². The zero-order valence-corrected chi connectivity index (χ0v) is 8.62. The summed E-state index contributed by atoms with van der Waals surface area (Å²) in [5.41, 5.74) is 0.533. The molecule has 0 atom stereocenters. The second-order valence-electron chi connectivity index (χ2n) is 2.76. The Hall–Kier alpha value is -1.02. The van der Waals surface area contributed by atoms with Gasteiger partial charge < -0.3 is 4.74 Å². The average molecular weight is 237 g/mol. The van der Waals surface area contributed by atoms with Gasteiger partial charge >= 0.3 is 0 Å². The Labute approximate surface area is 85.5 Å². The van der Waals surface area contributed by atoms with Gasteiger partial charge in [-0.3, -0.25) is 0 Å². The van der Waals surface area contributed by atoms with Crippen molar-refractivity contribution in [3.63, 3.8) is 0 Å². The molecule has 0 aliphatic heterocycles. The van der Waals surface area contributed by atoms with E-state index in [1.165, 1.54) is 10.8 Å². The first kappa shape index (κ1) is 8.57. The Bertz CT molecular complexity index is 412. The van der Waals surface area contributed by atoms with Crippen molar-refractivity contribution in [1.29, 1.82) is 0 Å². The lowest BCUT2D eigenvalue weighted by Crippen LogP contribution is -1.87. The standard InChI is InChI=1S/C11H9BrO/c12-8-13-11-6-5-9-3-1-2-4-10(9)7-11/h1-7H,8H2. The van der Waals surface area contributed by atoms with Crippen LogP contribution in [0.3, 0.4) is 0 Å². The van der Waals surface area contributed by atoms with E-state index in [9.17, 15) is 0 Å². The summed E-state index contributed by atoms with van der Waals surface area (Å²) in [6.07, 6.45) is 0. The number of alkyl halides is 1. The van der Waals surface area contributed by atoms with Crippen molar-refractivity contribution in [3.05, 3.63) is 42.5 Å². The first-order chi connectivity index (χ1) is 6.40. The highest BCUT2D eigenvalue weighted by Crippen LogP contribution is 2.20. The zero-order chi connectivity index (χ0) is 9.10. The van der Waals surface area contributed by atoms with Crippen molar-refractivity contribution < 1.29 is 4.74 Å². The van der Waals surface area contributed by atoms with Gasteiger partial charge in [-0.05, 0) is 38.8 Å². The van der Waals surface area contributed by atoms with Crippen molar-refractivity contribution in [1.82, 2.24) is 0 Å². The molecule has 66 valence electrons. The molecule has 0 aliphatic carbocycles. The molecule has 0 aromatic heterocycles. The van der Waals surface area contributed by atoms with Crippen molar-refractivity contribution in [2.75, 3.05) is 5.52 Å². The molecule has 2 aromatic rings. The largest absolute Gasteiger partial charge is 0.482 e. The van der Waals surface area contributed by atoms with Gasteiger partial charge in [0, 0.05) is 0 Å². The number of rotatable bonds is 2. The zero-order valence-electron chi connectivity index (χ0n) is 7.03. The second kappa shape index (κ2) is 3.79. The van der Waals surface area contributed by atoms with E-state index < -0.39 is 0 Å². The predicted molar refractivity (Wildman–Crippen MR) is 58.4 cm³/mol. The van der Waals surface area contributed by atoms with Gasteiger partial charge in [0.05, 0.1) is 0 Å². The molecule has 13 heavy (non-hydrogen) atoms. The van der Waals surface area contributed by atoms with Crippen LogP contribution < -0.4 is 4.74 Å². The van der Waals surface area contributed by atoms with E-state index in [2.05, 4.69) is 34.1 Å². The molecule has 0 amide bonds. The van der Waals surface area contributed by atoms with E-state index in [1.54, 1.807) is 0 Å². The quantitative estimate of drug-likeness (QED) is 0.725. The summed E-state index contributed by atoms with van der Waals surface area (Å²) in [4.78, 5) is 0. The van der Waals surface area contributed by atoms with Crippen LogP contribution in [0.4, 0.5) is 0 Å². The van der Waals surface area contributed by atoms with Crippen LogP contribution in [0.25, 0.3) is 10.8 Å². The maximum atomic E-state index is 5.33. The average Bonchev–Trinajstić information content (AvgIpc) is 2.18. The van der Waals surface area contributed by atoms with Gasteiger partial charge in [-0.25, -0.2) is 0 Å². The smallest absolute Gasteiger partial charge is 0.143 e. The maximum absolute atomic E-state index is 5.33. The normalized spacial score (nSPS) is 10.2. The van der Waals surface area contributed by atoms with E-state index in [4.69, 9.17) is 4.74 Å². The Morgan fingerprint density at radius 2 is 1.77 bits per heavy atom. The van der Waals surface area contributed by atoms with Crippen LogP contribution in [0, 0.1) is 0 Å². The number of benzene rings is 2. The number of hydrogen-bond acceptors (Lipinski definition) is 1. The Kier molecular flexibility index (Phi) is 2.50. The minimum Gasteiger partial charge on any atom is -0.482 e. The number of fused-ring (bicyclic) bond motifs is 1. The lowest BCUT2D eigenvalue weighted by Gasteiger charge is -2.03. The van der Waals surface area contributed by atoms with Crippen LogP contribution in [0.5, 0.6) is 5.75 Å². The van der Waals surface area contributed by atoms with Gasteiger partial charge in [-0.1, -0.05) is 30.3 Å². The molecule has 0 radical (unpaired) electrons. The van der Waals surface area contributed by atoms with E-state index in [1.807, 2.05) is 24.3 Å². The molecule has 1 nitrogen and oxygen atoms in total. The SMILES string of the molecule is BrCOc1ccc2ccccc2c1. The molecule has 2 heteroatoms. The van der Waals surface area contributed by atoms with Crippen LogP contribution in [0.2, 0.25) is 0 Å². The highest BCUT2D eigenvalue weighted by molar-refractivity contribution is 9.09. The molecule has 0 bridgehead atoms. The number of hydrogen-bond donors (Lipinski definition) is 0. The molecular formula is C11H9BrO. The third-order valence-corrected chi connectivity index (χ3v) is 2.17. The Balaban J connectivity index is 2.49. The van der Waals surface area contributed by atoms with Gasteiger partial charge in [0.15, 0.2) is 0 Å². The Morgan fingerprint density at radius 3 is 2.54 bits per heavy atom. The van der Waals surface area contributed by atoms with Gasteiger partial charge in [-0.2, -0.15) is 0 Å². The number of halogens is 1. The monoisotopic (exact) mass is 236 g/mol. The molecule has 0 unspecified atom stereocenters. The van der Waals surface area contributed by atoms with E-state index in [0.29, 0.717) is 5.52 Å². The predicted octanol–water partition coefficient (Wildman–Crippen LogP) is 3.57. The van der Waals surface area contributed by atoms with Crippen molar-refractivity contribution >= 4 is 26.7 Å². The maximum Gasteiger partial charge on any atom is 0.143 e. The summed E-state index contributed by atoms with van der Waals surface area (Å²) in [5, 5.41) is 2.45. The van der Waals surface area contributed by atoms with Crippen molar-refractivity contribution in [2.24, 2.45) is 0 Å². The summed E-state index contributed by atoms with van der Waals surface area (Å²) < 4.78 is 5.33. The molecule has 0 N–H and O–H groups in total. The molecule has 2 rings (SSSR count). The molecule has 0 spiro atoms. The molecular weight excluding hydrogens is 228 g/mol. The Morgan fingerprint density at radius 1 is 1.00 bits per heavy atom. The first-order valence-corrected chi connectivity index (χ1v) is 5.20. The van der Waals surface area contributed by atoms with Crippen LogP contribution in [0.1, 0.15) is 0 Å². The fourth-order valence-corrected chi connectivity index (χ4v) is 1.58. The van der Waals surface area contributed by atoms with Crippen LogP contribution in [-0.2, 0) is 0 Å². The van der Waals surface area contributed by atoms with E-state index in [-0.39, 0.29) is 0 Å². The summed E-state index contributed by atoms with van der Waals surface area (Å²) in [5.74, 6) is 0.899. The lowest BCUT2D eigenvalue weighted by atomic mass is 10.1. The van der Waals surface area contributed by atoms with Crippen molar-refractivity contribution in [2.45, 2.75) is 0 Å². The van der Waals surface area contributed by atoms with E-state index >= 15 is 0 Å². The second-order valence-corrected chi connectivity index (χ2v) is 3.22. The van der Waals surface area contributed by atoms with Crippen molar-refractivity contribution in [3.8, 4) is 5.75 Å².